The quantitative estimate of drug-likeness (QED) is 0.833. The van der Waals surface area contributed by atoms with E-state index in [9.17, 15) is 0 Å². The van der Waals surface area contributed by atoms with Gasteiger partial charge in [-0.3, -0.25) is 0 Å². The highest BCUT2D eigenvalue weighted by atomic mass is 32.1. The zero-order valence-corrected chi connectivity index (χ0v) is 8.37. The van der Waals surface area contributed by atoms with Crippen LogP contribution in [-0.2, 0) is 11.3 Å². The molecule has 74 valence electrons. The van der Waals surface area contributed by atoms with Crippen LogP contribution < -0.4 is 5.73 Å². The van der Waals surface area contributed by atoms with Gasteiger partial charge in [0.25, 0.3) is 5.89 Å². The second kappa shape index (κ2) is 3.77. The minimum Gasteiger partial charge on any atom is -0.397 e. The van der Waals surface area contributed by atoms with Crippen LogP contribution in [-0.4, -0.2) is 17.3 Å². The maximum atomic E-state index is 5.71. The molecule has 0 amide bonds. The summed E-state index contributed by atoms with van der Waals surface area (Å²) in [7, 11) is 1.58. The van der Waals surface area contributed by atoms with E-state index in [0.717, 1.165) is 4.88 Å². The fourth-order valence-electron chi connectivity index (χ4n) is 1.03. The second-order valence-corrected chi connectivity index (χ2v) is 3.57. The van der Waals surface area contributed by atoms with Crippen LogP contribution in [0.1, 0.15) is 5.82 Å². The number of hydrogen-bond donors (Lipinski definition) is 1. The Bertz CT molecular complexity index is 424. The summed E-state index contributed by atoms with van der Waals surface area (Å²) in [5.74, 6) is 0.972. The van der Waals surface area contributed by atoms with Crippen molar-refractivity contribution in [1.82, 2.24) is 10.1 Å². The molecule has 0 aliphatic carbocycles. The smallest absolute Gasteiger partial charge is 0.270 e. The van der Waals surface area contributed by atoms with Crippen LogP contribution in [0, 0.1) is 0 Å². The van der Waals surface area contributed by atoms with Gasteiger partial charge in [0.15, 0.2) is 5.82 Å². The number of aromatic nitrogens is 2. The maximum absolute atomic E-state index is 5.71. The number of anilines is 1. The van der Waals surface area contributed by atoms with Crippen molar-refractivity contribution >= 4 is 17.0 Å². The molecular weight excluding hydrogens is 202 g/mol. The lowest BCUT2D eigenvalue weighted by atomic mass is 10.4. The zero-order valence-electron chi connectivity index (χ0n) is 7.56. The molecule has 0 radical (unpaired) electrons. The van der Waals surface area contributed by atoms with Gasteiger partial charge < -0.3 is 15.0 Å². The van der Waals surface area contributed by atoms with Gasteiger partial charge in [0, 0.05) is 7.11 Å². The largest absolute Gasteiger partial charge is 0.397 e. The van der Waals surface area contributed by atoms with Crippen LogP contribution in [0.3, 0.4) is 0 Å². The average Bonchev–Trinajstić information content (AvgIpc) is 2.74. The summed E-state index contributed by atoms with van der Waals surface area (Å²) >= 11 is 1.47. The van der Waals surface area contributed by atoms with E-state index in [1.165, 1.54) is 11.3 Å². The van der Waals surface area contributed by atoms with E-state index >= 15 is 0 Å². The summed E-state index contributed by atoms with van der Waals surface area (Å²) in [5.41, 5.74) is 6.36. The fourth-order valence-corrected chi connectivity index (χ4v) is 1.77. The highest BCUT2D eigenvalue weighted by Crippen LogP contribution is 2.29. The molecule has 0 saturated carbocycles. The van der Waals surface area contributed by atoms with Crippen molar-refractivity contribution in [3.63, 3.8) is 0 Å². The Balaban J connectivity index is 2.29. The van der Waals surface area contributed by atoms with Crippen LogP contribution in [0.25, 0.3) is 10.8 Å². The van der Waals surface area contributed by atoms with Gasteiger partial charge in [-0.25, -0.2) is 0 Å². The minimum absolute atomic E-state index is 0.342. The first-order chi connectivity index (χ1) is 6.81. The van der Waals surface area contributed by atoms with E-state index < -0.39 is 0 Å². The second-order valence-electron chi connectivity index (χ2n) is 2.65. The summed E-state index contributed by atoms with van der Waals surface area (Å²) < 4.78 is 9.91. The SMILES string of the molecule is COCc1noc(-c2sccc2N)n1. The van der Waals surface area contributed by atoms with E-state index in [0.29, 0.717) is 24.0 Å². The van der Waals surface area contributed by atoms with Gasteiger partial charge in [-0.15, -0.1) is 11.3 Å². The zero-order chi connectivity index (χ0) is 9.97. The van der Waals surface area contributed by atoms with E-state index in [-0.39, 0.29) is 0 Å². The van der Waals surface area contributed by atoms with Gasteiger partial charge in [0.05, 0.1) is 5.69 Å². The Labute approximate surface area is 84.5 Å². The Morgan fingerprint density at radius 2 is 2.50 bits per heavy atom. The molecule has 2 rings (SSSR count). The molecule has 0 aliphatic heterocycles. The van der Waals surface area contributed by atoms with Crippen LogP contribution in [0.4, 0.5) is 5.69 Å². The number of hydrogen-bond acceptors (Lipinski definition) is 6. The fraction of sp³-hybridized carbons (Fsp3) is 0.250. The molecule has 5 nitrogen and oxygen atoms in total. The minimum atomic E-state index is 0.342. The molecule has 0 bridgehead atoms. The summed E-state index contributed by atoms with van der Waals surface area (Å²) in [5, 5.41) is 5.62. The van der Waals surface area contributed by atoms with Crippen molar-refractivity contribution in [2.75, 3.05) is 12.8 Å². The molecular formula is C8H9N3O2S. The predicted octanol–water partition coefficient (Wildman–Crippen LogP) is 1.53. The number of rotatable bonds is 3. The third-order valence-corrected chi connectivity index (χ3v) is 2.55. The topological polar surface area (TPSA) is 74.2 Å². The number of nitrogen functional groups attached to an aromatic ring is 1. The normalized spacial score (nSPS) is 10.6. The Hall–Kier alpha value is -1.40. The number of ether oxygens (including phenoxy) is 1. The first-order valence-corrected chi connectivity index (χ1v) is 4.84. The van der Waals surface area contributed by atoms with Crippen molar-refractivity contribution in [1.29, 1.82) is 0 Å². The third-order valence-electron chi connectivity index (χ3n) is 1.63. The first-order valence-electron chi connectivity index (χ1n) is 3.96. The van der Waals surface area contributed by atoms with Crippen LogP contribution >= 0.6 is 11.3 Å². The van der Waals surface area contributed by atoms with Crippen LogP contribution in [0.5, 0.6) is 0 Å². The molecule has 2 heterocycles. The average molecular weight is 211 g/mol. The Morgan fingerprint density at radius 1 is 1.64 bits per heavy atom. The lowest BCUT2D eigenvalue weighted by Crippen LogP contribution is -1.89. The highest BCUT2D eigenvalue weighted by molar-refractivity contribution is 7.14. The van der Waals surface area contributed by atoms with Gasteiger partial charge in [-0.05, 0) is 11.4 Å². The van der Waals surface area contributed by atoms with Gasteiger partial charge in [0.2, 0.25) is 0 Å². The summed E-state index contributed by atoms with van der Waals surface area (Å²) in [6, 6.07) is 1.81. The number of nitrogens with zero attached hydrogens (tertiary/aromatic N) is 2. The molecule has 0 atom stereocenters. The lowest BCUT2D eigenvalue weighted by molar-refractivity contribution is 0.174. The maximum Gasteiger partial charge on any atom is 0.270 e. The van der Waals surface area contributed by atoms with Gasteiger partial charge in [-0.2, -0.15) is 4.98 Å². The molecule has 2 aromatic rings. The summed E-state index contributed by atoms with van der Waals surface area (Å²) in [4.78, 5) is 4.94. The first kappa shape index (κ1) is 9.17. The summed E-state index contributed by atoms with van der Waals surface area (Å²) in [6.45, 7) is 0.342. The third kappa shape index (κ3) is 1.61. The molecule has 0 saturated heterocycles. The monoisotopic (exact) mass is 211 g/mol. The lowest BCUT2D eigenvalue weighted by Gasteiger charge is -1.89. The van der Waals surface area contributed by atoms with Crippen molar-refractivity contribution in [2.45, 2.75) is 6.61 Å². The van der Waals surface area contributed by atoms with Crippen molar-refractivity contribution in [2.24, 2.45) is 0 Å². The molecule has 0 aliphatic rings. The van der Waals surface area contributed by atoms with Gasteiger partial charge in [-0.1, -0.05) is 5.16 Å². The molecule has 6 heteroatoms. The standard InChI is InChI=1S/C8H9N3O2S/c1-12-4-6-10-8(13-11-6)7-5(9)2-3-14-7/h2-3H,4,9H2,1H3. The molecule has 0 aromatic carbocycles. The molecule has 0 fully saturated rings. The summed E-state index contributed by atoms with van der Waals surface area (Å²) in [6.07, 6.45) is 0. The van der Waals surface area contributed by atoms with Crippen molar-refractivity contribution < 1.29 is 9.26 Å². The van der Waals surface area contributed by atoms with Crippen LogP contribution in [0.2, 0.25) is 0 Å². The van der Waals surface area contributed by atoms with Crippen LogP contribution in [0.15, 0.2) is 16.0 Å². The highest BCUT2D eigenvalue weighted by Gasteiger charge is 2.12. The number of nitrogens with two attached hydrogens (primary N) is 1. The molecule has 0 unspecified atom stereocenters. The van der Waals surface area contributed by atoms with Crippen molar-refractivity contribution in [3.05, 3.63) is 17.3 Å². The molecule has 0 spiro atoms. The van der Waals surface area contributed by atoms with Gasteiger partial charge >= 0.3 is 0 Å². The Kier molecular flexibility index (Phi) is 2.47. The predicted molar refractivity (Wildman–Crippen MR) is 52.7 cm³/mol. The van der Waals surface area contributed by atoms with E-state index in [4.69, 9.17) is 15.0 Å². The van der Waals surface area contributed by atoms with E-state index in [2.05, 4.69) is 10.1 Å². The van der Waals surface area contributed by atoms with Gasteiger partial charge in [0.1, 0.15) is 11.5 Å². The number of thiophene rings is 1. The van der Waals surface area contributed by atoms with Crippen molar-refractivity contribution in [3.8, 4) is 10.8 Å². The van der Waals surface area contributed by atoms with E-state index in [1.807, 2.05) is 5.38 Å². The molecule has 2 aromatic heterocycles. The molecule has 2 N–H and O–H groups in total. The molecule has 14 heavy (non-hydrogen) atoms. The van der Waals surface area contributed by atoms with E-state index in [1.54, 1.807) is 13.2 Å². The Morgan fingerprint density at radius 3 is 3.14 bits per heavy atom. The number of methoxy groups -OCH3 is 1.